The number of rotatable bonds is 2. The molecule has 1 aliphatic heterocycles. The summed E-state index contributed by atoms with van der Waals surface area (Å²) in [5, 5.41) is 3.30. The third-order valence-corrected chi connectivity index (χ3v) is 4.11. The SMILES string of the molecule is FC1(CC2CCCCC2)CCCNCC1. The van der Waals surface area contributed by atoms with Gasteiger partial charge < -0.3 is 5.32 Å². The molecule has 0 bridgehead atoms. The lowest BCUT2D eigenvalue weighted by atomic mass is 9.79. The van der Waals surface area contributed by atoms with Crippen LogP contribution in [0.5, 0.6) is 0 Å². The molecule has 1 N–H and O–H groups in total. The summed E-state index contributed by atoms with van der Waals surface area (Å²) >= 11 is 0. The Morgan fingerprint density at radius 1 is 1.00 bits per heavy atom. The van der Waals surface area contributed by atoms with Crippen LogP contribution in [0.3, 0.4) is 0 Å². The lowest BCUT2D eigenvalue weighted by Gasteiger charge is -2.30. The summed E-state index contributed by atoms with van der Waals surface area (Å²) in [5.74, 6) is 0.682. The van der Waals surface area contributed by atoms with E-state index in [2.05, 4.69) is 5.32 Å². The summed E-state index contributed by atoms with van der Waals surface area (Å²) < 4.78 is 14.6. The summed E-state index contributed by atoms with van der Waals surface area (Å²) in [6.45, 7) is 1.89. The van der Waals surface area contributed by atoms with Crippen LogP contribution in [0.15, 0.2) is 0 Å². The molecule has 15 heavy (non-hydrogen) atoms. The van der Waals surface area contributed by atoms with E-state index in [0.717, 1.165) is 38.8 Å². The zero-order valence-corrected chi connectivity index (χ0v) is 9.73. The molecule has 1 atom stereocenters. The van der Waals surface area contributed by atoms with Gasteiger partial charge in [0.1, 0.15) is 5.67 Å². The van der Waals surface area contributed by atoms with Gasteiger partial charge in [-0.25, -0.2) is 4.39 Å². The van der Waals surface area contributed by atoms with E-state index in [1.807, 2.05) is 0 Å². The fourth-order valence-electron chi connectivity index (χ4n) is 3.21. The first-order valence-electron chi connectivity index (χ1n) is 6.68. The first-order valence-corrected chi connectivity index (χ1v) is 6.68. The van der Waals surface area contributed by atoms with Crippen LogP contribution in [0.25, 0.3) is 0 Å². The van der Waals surface area contributed by atoms with Gasteiger partial charge in [-0.05, 0) is 44.7 Å². The molecule has 0 amide bonds. The molecular formula is C13H24FN. The molecule has 0 radical (unpaired) electrons. The fourth-order valence-corrected chi connectivity index (χ4v) is 3.21. The summed E-state index contributed by atoms with van der Waals surface area (Å²) in [6.07, 6.45) is 9.98. The standard InChI is InChI=1S/C13H24FN/c14-13(7-4-9-15-10-8-13)11-12-5-2-1-3-6-12/h12,15H,1-11H2. The molecule has 88 valence electrons. The molecule has 2 fully saturated rings. The van der Waals surface area contributed by atoms with Crippen molar-refractivity contribution in [2.75, 3.05) is 13.1 Å². The van der Waals surface area contributed by atoms with Gasteiger partial charge in [0, 0.05) is 0 Å². The smallest absolute Gasteiger partial charge is 0.112 e. The fraction of sp³-hybridized carbons (Fsp3) is 1.00. The molecule has 2 heteroatoms. The minimum absolute atomic E-state index is 0.682. The van der Waals surface area contributed by atoms with E-state index >= 15 is 0 Å². The van der Waals surface area contributed by atoms with E-state index in [-0.39, 0.29) is 0 Å². The lowest BCUT2D eigenvalue weighted by Crippen LogP contribution is -2.28. The van der Waals surface area contributed by atoms with E-state index in [1.165, 1.54) is 32.1 Å². The number of halogens is 1. The second kappa shape index (κ2) is 5.29. The van der Waals surface area contributed by atoms with E-state index in [4.69, 9.17) is 0 Å². The van der Waals surface area contributed by atoms with Crippen LogP contribution in [0.4, 0.5) is 4.39 Å². The van der Waals surface area contributed by atoms with Crippen molar-refractivity contribution in [1.82, 2.24) is 5.32 Å². The Morgan fingerprint density at radius 2 is 1.80 bits per heavy atom. The second-order valence-corrected chi connectivity index (χ2v) is 5.46. The Bertz CT molecular complexity index is 179. The predicted octanol–water partition coefficient (Wildman–Crippen LogP) is 3.44. The van der Waals surface area contributed by atoms with Gasteiger partial charge in [0.2, 0.25) is 0 Å². The number of alkyl halides is 1. The van der Waals surface area contributed by atoms with E-state index in [9.17, 15) is 4.39 Å². The molecule has 1 aliphatic carbocycles. The normalized spacial score (nSPS) is 35.0. The van der Waals surface area contributed by atoms with Crippen LogP contribution in [0.2, 0.25) is 0 Å². The Morgan fingerprint density at radius 3 is 2.60 bits per heavy atom. The van der Waals surface area contributed by atoms with Gasteiger partial charge in [-0.3, -0.25) is 0 Å². The van der Waals surface area contributed by atoms with Gasteiger partial charge in [0.25, 0.3) is 0 Å². The molecule has 0 aromatic heterocycles. The van der Waals surface area contributed by atoms with Gasteiger partial charge in [-0.1, -0.05) is 32.1 Å². The Labute approximate surface area is 92.8 Å². The second-order valence-electron chi connectivity index (χ2n) is 5.46. The molecule has 0 aromatic carbocycles. The first-order chi connectivity index (χ1) is 7.29. The highest BCUT2D eigenvalue weighted by Gasteiger charge is 2.33. The topological polar surface area (TPSA) is 12.0 Å². The first kappa shape index (κ1) is 11.4. The zero-order valence-electron chi connectivity index (χ0n) is 9.73. The average molecular weight is 213 g/mol. The summed E-state index contributed by atoms with van der Waals surface area (Å²) in [7, 11) is 0. The van der Waals surface area contributed by atoms with Gasteiger partial charge in [-0.15, -0.1) is 0 Å². The molecule has 1 heterocycles. The molecule has 1 unspecified atom stereocenters. The van der Waals surface area contributed by atoms with Gasteiger partial charge in [0.05, 0.1) is 0 Å². The Kier molecular flexibility index (Phi) is 4.01. The lowest BCUT2D eigenvalue weighted by molar-refractivity contribution is 0.0953. The minimum atomic E-state index is -0.842. The summed E-state index contributed by atoms with van der Waals surface area (Å²) in [4.78, 5) is 0. The predicted molar refractivity (Wildman–Crippen MR) is 61.8 cm³/mol. The van der Waals surface area contributed by atoms with Crippen molar-refractivity contribution in [3.8, 4) is 0 Å². The average Bonchev–Trinajstić information content (AvgIpc) is 2.45. The molecule has 2 aliphatic rings. The highest BCUT2D eigenvalue weighted by atomic mass is 19.1. The van der Waals surface area contributed by atoms with Crippen molar-refractivity contribution in [3.05, 3.63) is 0 Å². The molecular weight excluding hydrogens is 189 g/mol. The van der Waals surface area contributed by atoms with Crippen LogP contribution in [0.1, 0.15) is 57.8 Å². The zero-order chi connectivity index (χ0) is 10.6. The Balaban J connectivity index is 1.83. The largest absolute Gasteiger partial charge is 0.317 e. The van der Waals surface area contributed by atoms with Gasteiger partial charge >= 0.3 is 0 Å². The highest BCUT2D eigenvalue weighted by molar-refractivity contribution is 4.86. The maximum atomic E-state index is 14.6. The third-order valence-electron chi connectivity index (χ3n) is 4.11. The van der Waals surface area contributed by atoms with Crippen LogP contribution < -0.4 is 5.32 Å². The maximum absolute atomic E-state index is 14.6. The molecule has 2 rings (SSSR count). The number of hydrogen-bond acceptors (Lipinski definition) is 1. The Hall–Kier alpha value is -0.110. The van der Waals surface area contributed by atoms with Crippen molar-refractivity contribution in [2.24, 2.45) is 5.92 Å². The van der Waals surface area contributed by atoms with Gasteiger partial charge in [-0.2, -0.15) is 0 Å². The summed E-state index contributed by atoms with van der Waals surface area (Å²) in [5.41, 5.74) is -0.842. The third kappa shape index (κ3) is 3.44. The molecule has 0 aromatic rings. The van der Waals surface area contributed by atoms with Crippen molar-refractivity contribution in [2.45, 2.75) is 63.5 Å². The highest BCUT2D eigenvalue weighted by Crippen LogP contribution is 2.37. The van der Waals surface area contributed by atoms with E-state index < -0.39 is 5.67 Å². The van der Waals surface area contributed by atoms with Crippen LogP contribution >= 0.6 is 0 Å². The number of hydrogen-bond donors (Lipinski definition) is 1. The van der Waals surface area contributed by atoms with E-state index in [0.29, 0.717) is 5.92 Å². The monoisotopic (exact) mass is 213 g/mol. The van der Waals surface area contributed by atoms with Crippen molar-refractivity contribution in [3.63, 3.8) is 0 Å². The van der Waals surface area contributed by atoms with Crippen molar-refractivity contribution >= 4 is 0 Å². The number of nitrogens with one attached hydrogen (secondary N) is 1. The molecule has 0 spiro atoms. The van der Waals surface area contributed by atoms with Gasteiger partial charge in [0.15, 0.2) is 0 Å². The molecule has 1 saturated carbocycles. The minimum Gasteiger partial charge on any atom is -0.317 e. The van der Waals surface area contributed by atoms with Crippen molar-refractivity contribution < 1.29 is 4.39 Å². The van der Waals surface area contributed by atoms with Crippen LogP contribution in [0, 0.1) is 5.92 Å². The quantitative estimate of drug-likeness (QED) is 0.741. The summed E-state index contributed by atoms with van der Waals surface area (Å²) in [6, 6.07) is 0. The van der Waals surface area contributed by atoms with Crippen LogP contribution in [-0.2, 0) is 0 Å². The van der Waals surface area contributed by atoms with Crippen LogP contribution in [-0.4, -0.2) is 18.8 Å². The molecule has 1 saturated heterocycles. The van der Waals surface area contributed by atoms with E-state index in [1.54, 1.807) is 0 Å². The van der Waals surface area contributed by atoms with Crippen molar-refractivity contribution in [1.29, 1.82) is 0 Å². The maximum Gasteiger partial charge on any atom is 0.112 e. The molecule has 1 nitrogen and oxygen atoms in total.